The standard InChI is InChI=1S/C31H64Cl2OSi/c32-35(33)31-29-27-25-23-21-19-17-15-13-11-9-7-5-3-1-2-4-6-8-10-12-14-16-18-20-22-24-26-28-30-34/h34-35H,1-31H2. The third kappa shape index (κ3) is 34.8. The fraction of sp³-hybridized carbons (Fsp3) is 1.00. The fourth-order valence-corrected chi connectivity index (χ4v) is 6.71. The number of hydrogen-bond acceptors (Lipinski definition) is 1. The molecule has 0 amide bonds. The summed E-state index contributed by atoms with van der Waals surface area (Å²) in [6.45, 7) is 0.371. The maximum absolute atomic E-state index is 8.77. The van der Waals surface area contributed by atoms with Crippen molar-refractivity contribution in [2.75, 3.05) is 6.61 Å². The van der Waals surface area contributed by atoms with Crippen molar-refractivity contribution in [3.8, 4) is 0 Å². The quantitative estimate of drug-likeness (QED) is 0.0516. The van der Waals surface area contributed by atoms with Crippen LogP contribution in [0.25, 0.3) is 0 Å². The van der Waals surface area contributed by atoms with Crippen molar-refractivity contribution < 1.29 is 5.11 Å². The Morgan fingerprint density at radius 2 is 0.457 bits per heavy atom. The minimum atomic E-state index is -1.34. The second kappa shape index (κ2) is 32.8. The van der Waals surface area contributed by atoms with Gasteiger partial charge in [0.15, 0.2) is 0 Å². The monoisotopic (exact) mass is 550 g/mol. The summed E-state index contributed by atoms with van der Waals surface area (Å²) in [7, 11) is -1.34. The molecule has 1 N–H and O–H groups in total. The molecular formula is C31H64Cl2OSi. The van der Waals surface area contributed by atoms with Gasteiger partial charge in [0.25, 0.3) is 0 Å². The Bertz CT molecular complexity index is 368. The van der Waals surface area contributed by atoms with Gasteiger partial charge in [-0.15, -0.1) is 0 Å². The van der Waals surface area contributed by atoms with Crippen LogP contribution < -0.4 is 0 Å². The summed E-state index contributed by atoms with van der Waals surface area (Å²) in [6.07, 6.45) is 40.8. The second-order valence-electron chi connectivity index (χ2n) is 11.2. The minimum Gasteiger partial charge on any atom is -0.396 e. The maximum Gasteiger partial charge on any atom is 0.237 e. The van der Waals surface area contributed by atoms with Gasteiger partial charge in [0.1, 0.15) is 0 Å². The molecule has 212 valence electrons. The van der Waals surface area contributed by atoms with Gasteiger partial charge in [-0.05, 0) is 12.5 Å². The lowest BCUT2D eigenvalue weighted by atomic mass is 10.0. The predicted octanol–water partition coefficient (Wildman–Crippen LogP) is 12.0. The van der Waals surface area contributed by atoms with Gasteiger partial charge in [-0.25, -0.2) is 0 Å². The van der Waals surface area contributed by atoms with Crippen molar-refractivity contribution in [3.63, 3.8) is 0 Å². The molecule has 1 nitrogen and oxygen atoms in total. The van der Waals surface area contributed by atoms with Gasteiger partial charge >= 0.3 is 0 Å². The summed E-state index contributed by atoms with van der Waals surface area (Å²) in [4.78, 5) is 0. The van der Waals surface area contributed by atoms with E-state index >= 15 is 0 Å². The Balaban J connectivity index is 3.01. The number of aliphatic hydroxyl groups excluding tert-OH is 1. The number of hydrogen-bond donors (Lipinski definition) is 1. The molecular weight excluding hydrogens is 487 g/mol. The normalized spacial score (nSPS) is 11.7. The molecule has 35 heavy (non-hydrogen) atoms. The van der Waals surface area contributed by atoms with Crippen molar-refractivity contribution >= 4 is 29.6 Å². The lowest BCUT2D eigenvalue weighted by Crippen LogP contribution is -1.91. The second-order valence-corrected chi connectivity index (χ2v) is 16.3. The summed E-state index contributed by atoms with van der Waals surface area (Å²) in [5.41, 5.74) is 0. The Hall–Kier alpha value is 0.757. The zero-order valence-corrected chi connectivity index (χ0v) is 26.4. The highest BCUT2D eigenvalue weighted by Crippen LogP contribution is 2.17. The highest BCUT2D eigenvalue weighted by Gasteiger charge is 2.01. The van der Waals surface area contributed by atoms with Gasteiger partial charge in [-0.2, -0.15) is 22.2 Å². The lowest BCUT2D eigenvalue weighted by molar-refractivity contribution is 0.282. The van der Waals surface area contributed by atoms with Gasteiger partial charge in [0.05, 0.1) is 0 Å². The van der Waals surface area contributed by atoms with E-state index in [1.807, 2.05) is 0 Å². The topological polar surface area (TPSA) is 20.2 Å². The SMILES string of the molecule is OCCCCCCCCCCCCCCCCCCCCCCCCCCCCCCC[SiH](Cl)Cl. The summed E-state index contributed by atoms with van der Waals surface area (Å²) in [5, 5.41) is 8.77. The van der Waals surface area contributed by atoms with Gasteiger partial charge in [0, 0.05) is 6.61 Å². The molecule has 0 aliphatic carbocycles. The molecule has 0 aromatic rings. The average molecular weight is 552 g/mol. The van der Waals surface area contributed by atoms with Crippen LogP contribution in [0, 0.1) is 0 Å². The highest BCUT2D eigenvalue weighted by molar-refractivity contribution is 7.33. The molecule has 0 saturated carbocycles. The summed E-state index contributed by atoms with van der Waals surface area (Å²) >= 11 is 11.8. The van der Waals surface area contributed by atoms with Crippen molar-refractivity contribution in [2.24, 2.45) is 0 Å². The third-order valence-corrected chi connectivity index (χ3v) is 9.73. The van der Waals surface area contributed by atoms with Gasteiger partial charge < -0.3 is 5.11 Å². The van der Waals surface area contributed by atoms with E-state index in [0.717, 1.165) is 12.5 Å². The van der Waals surface area contributed by atoms with Crippen LogP contribution in [-0.2, 0) is 0 Å². The molecule has 0 aromatic heterocycles. The van der Waals surface area contributed by atoms with Gasteiger partial charge in [-0.1, -0.05) is 180 Å². The van der Waals surface area contributed by atoms with E-state index < -0.39 is 7.42 Å². The van der Waals surface area contributed by atoms with E-state index in [2.05, 4.69) is 0 Å². The highest BCUT2D eigenvalue weighted by atomic mass is 35.7. The van der Waals surface area contributed by atoms with E-state index in [-0.39, 0.29) is 0 Å². The van der Waals surface area contributed by atoms with E-state index in [0.29, 0.717) is 6.61 Å². The number of aliphatic hydroxyl groups is 1. The molecule has 0 unspecified atom stereocenters. The Labute approximate surface area is 232 Å². The molecule has 0 spiro atoms. The summed E-state index contributed by atoms with van der Waals surface area (Å²) in [5.74, 6) is 0. The van der Waals surface area contributed by atoms with E-state index in [4.69, 9.17) is 27.3 Å². The predicted molar refractivity (Wildman–Crippen MR) is 165 cm³/mol. The van der Waals surface area contributed by atoms with Crippen LogP contribution in [0.3, 0.4) is 0 Å². The molecule has 0 heterocycles. The molecule has 0 fully saturated rings. The van der Waals surface area contributed by atoms with Crippen molar-refractivity contribution in [1.82, 2.24) is 0 Å². The van der Waals surface area contributed by atoms with E-state index in [1.165, 1.54) is 180 Å². The molecule has 0 atom stereocenters. The van der Waals surface area contributed by atoms with Crippen LogP contribution >= 0.6 is 22.2 Å². The molecule has 0 saturated heterocycles. The van der Waals surface area contributed by atoms with Crippen LogP contribution in [0.5, 0.6) is 0 Å². The average Bonchev–Trinajstić information content (AvgIpc) is 2.85. The molecule has 0 rings (SSSR count). The molecule has 4 heteroatoms. The summed E-state index contributed by atoms with van der Waals surface area (Å²) < 4.78 is 0. The van der Waals surface area contributed by atoms with Crippen molar-refractivity contribution in [2.45, 2.75) is 192 Å². The molecule has 0 bridgehead atoms. The first-order valence-electron chi connectivity index (χ1n) is 16.2. The largest absolute Gasteiger partial charge is 0.396 e. The minimum absolute atomic E-state index is 0.371. The smallest absolute Gasteiger partial charge is 0.237 e. The zero-order valence-electron chi connectivity index (χ0n) is 23.7. The zero-order chi connectivity index (χ0) is 25.5. The van der Waals surface area contributed by atoms with Crippen LogP contribution in [0.15, 0.2) is 0 Å². The first-order valence-corrected chi connectivity index (χ1v) is 20.5. The fourth-order valence-electron chi connectivity index (χ4n) is 5.18. The van der Waals surface area contributed by atoms with Crippen LogP contribution in [0.1, 0.15) is 186 Å². The van der Waals surface area contributed by atoms with E-state index in [9.17, 15) is 0 Å². The number of rotatable bonds is 31. The van der Waals surface area contributed by atoms with Crippen LogP contribution in [0.4, 0.5) is 0 Å². The Morgan fingerprint density at radius 1 is 0.286 bits per heavy atom. The Kier molecular flexibility index (Phi) is 33.5. The molecule has 0 radical (unpaired) electrons. The third-order valence-electron chi connectivity index (χ3n) is 7.58. The number of unbranched alkanes of at least 4 members (excludes halogenated alkanes) is 28. The van der Waals surface area contributed by atoms with Crippen LogP contribution in [-0.4, -0.2) is 19.1 Å². The molecule has 0 aliphatic rings. The first-order chi connectivity index (χ1) is 17.3. The molecule has 0 aromatic carbocycles. The first kappa shape index (κ1) is 35.8. The van der Waals surface area contributed by atoms with Gasteiger partial charge in [0.2, 0.25) is 7.42 Å². The van der Waals surface area contributed by atoms with Crippen LogP contribution in [0.2, 0.25) is 6.04 Å². The van der Waals surface area contributed by atoms with Crippen molar-refractivity contribution in [1.29, 1.82) is 0 Å². The molecule has 0 aliphatic heterocycles. The van der Waals surface area contributed by atoms with Crippen molar-refractivity contribution in [3.05, 3.63) is 0 Å². The van der Waals surface area contributed by atoms with E-state index in [1.54, 1.807) is 0 Å². The number of halogens is 2. The summed E-state index contributed by atoms with van der Waals surface area (Å²) in [6, 6.07) is 1.10. The lowest BCUT2D eigenvalue weighted by Gasteiger charge is -2.04. The maximum atomic E-state index is 8.77. The van der Waals surface area contributed by atoms with Gasteiger partial charge in [-0.3, -0.25) is 0 Å². The Morgan fingerprint density at radius 3 is 0.629 bits per heavy atom.